The van der Waals surface area contributed by atoms with Crippen molar-refractivity contribution in [1.29, 1.82) is 0 Å². The van der Waals surface area contributed by atoms with Gasteiger partial charge in [0, 0.05) is 16.3 Å². The van der Waals surface area contributed by atoms with E-state index in [-0.39, 0.29) is 5.56 Å². The van der Waals surface area contributed by atoms with Gasteiger partial charge in [0.1, 0.15) is 11.1 Å². The first-order valence-corrected chi connectivity index (χ1v) is 8.85. The van der Waals surface area contributed by atoms with Gasteiger partial charge in [0.2, 0.25) is 0 Å². The summed E-state index contributed by atoms with van der Waals surface area (Å²) in [6.45, 7) is 1.93. The molecule has 2 heterocycles. The number of nitrogens with one attached hydrogen (secondary N) is 1. The van der Waals surface area contributed by atoms with E-state index < -0.39 is 11.5 Å². The summed E-state index contributed by atoms with van der Waals surface area (Å²) in [5.41, 5.74) is 1.93. The predicted molar refractivity (Wildman–Crippen MR) is 103 cm³/mol. The van der Waals surface area contributed by atoms with Crippen LogP contribution in [0.5, 0.6) is 0 Å². The van der Waals surface area contributed by atoms with Gasteiger partial charge in [-0.15, -0.1) is 11.3 Å². The molecule has 4 rings (SSSR count). The number of rotatable bonds is 3. The fraction of sp³-hybridized carbons (Fsp3) is 0.0500. The van der Waals surface area contributed by atoms with Crippen molar-refractivity contribution < 1.29 is 9.21 Å². The molecule has 0 bridgehead atoms. The van der Waals surface area contributed by atoms with Crippen molar-refractivity contribution >= 4 is 33.9 Å². The van der Waals surface area contributed by atoms with Crippen LogP contribution in [0.1, 0.15) is 15.4 Å². The maximum absolute atomic E-state index is 12.7. The van der Waals surface area contributed by atoms with Gasteiger partial charge >= 0.3 is 5.63 Å². The highest BCUT2D eigenvalue weighted by molar-refractivity contribution is 7.09. The molecule has 128 valence electrons. The lowest BCUT2D eigenvalue weighted by molar-refractivity contribution is 0.102. The molecule has 1 N–H and O–H groups in total. The Labute approximate surface area is 152 Å². The molecule has 2 aromatic carbocycles. The molecular weight excluding hydrogens is 348 g/mol. The SMILES string of the molecule is Cc1nc(-c2ccccc2NC(=O)c2cc3ccccc3oc2=O)cs1. The molecule has 0 radical (unpaired) electrons. The van der Waals surface area contributed by atoms with Crippen molar-refractivity contribution in [1.82, 2.24) is 4.98 Å². The second kappa shape index (κ2) is 6.57. The average Bonchev–Trinajstić information content (AvgIpc) is 3.07. The van der Waals surface area contributed by atoms with E-state index in [4.69, 9.17) is 4.42 Å². The van der Waals surface area contributed by atoms with Crippen molar-refractivity contribution in [3.63, 3.8) is 0 Å². The van der Waals surface area contributed by atoms with Gasteiger partial charge in [0.15, 0.2) is 0 Å². The summed E-state index contributed by atoms with van der Waals surface area (Å²) in [4.78, 5) is 29.3. The zero-order chi connectivity index (χ0) is 18.1. The third kappa shape index (κ3) is 3.02. The van der Waals surface area contributed by atoms with Crippen LogP contribution in [-0.4, -0.2) is 10.9 Å². The number of amides is 1. The number of carbonyl (C=O) groups excluding carboxylic acids is 1. The van der Waals surface area contributed by atoms with Crippen LogP contribution in [0.4, 0.5) is 5.69 Å². The predicted octanol–water partition coefficient (Wildman–Crippen LogP) is 4.48. The van der Waals surface area contributed by atoms with Crippen molar-refractivity contribution in [3.05, 3.63) is 81.0 Å². The van der Waals surface area contributed by atoms with E-state index in [1.165, 1.54) is 11.3 Å². The second-order valence-electron chi connectivity index (χ2n) is 5.74. The molecule has 0 aliphatic carbocycles. The van der Waals surface area contributed by atoms with E-state index in [1.807, 2.05) is 36.6 Å². The van der Waals surface area contributed by atoms with Crippen LogP contribution < -0.4 is 10.9 Å². The first-order chi connectivity index (χ1) is 12.6. The molecule has 0 unspecified atom stereocenters. The molecule has 0 fully saturated rings. The number of hydrogen-bond acceptors (Lipinski definition) is 5. The van der Waals surface area contributed by atoms with Gasteiger partial charge in [0.05, 0.1) is 16.4 Å². The Morgan fingerprint density at radius 3 is 2.69 bits per heavy atom. The highest BCUT2D eigenvalue weighted by Gasteiger charge is 2.16. The lowest BCUT2D eigenvalue weighted by atomic mass is 10.1. The molecule has 4 aromatic rings. The van der Waals surface area contributed by atoms with Crippen LogP contribution in [0.15, 0.2) is 69.2 Å². The first-order valence-electron chi connectivity index (χ1n) is 7.97. The summed E-state index contributed by atoms with van der Waals surface area (Å²) in [5, 5.41) is 6.38. The van der Waals surface area contributed by atoms with Gasteiger partial charge in [-0.1, -0.05) is 36.4 Å². The topological polar surface area (TPSA) is 72.2 Å². The Balaban J connectivity index is 1.72. The number of aromatic nitrogens is 1. The molecular formula is C20H14N2O3S. The van der Waals surface area contributed by atoms with E-state index in [0.29, 0.717) is 16.7 Å². The molecule has 0 aliphatic rings. The van der Waals surface area contributed by atoms with Crippen LogP contribution in [0.3, 0.4) is 0 Å². The Morgan fingerprint density at radius 2 is 1.88 bits per heavy atom. The molecule has 0 spiro atoms. The van der Waals surface area contributed by atoms with E-state index in [0.717, 1.165) is 16.3 Å². The number of nitrogens with zero attached hydrogens (tertiary/aromatic N) is 1. The van der Waals surface area contributed by atoms with Gasteiger partial charge in [-0.2, -0.15) is 0 Å². The molecule has 0 atom stereocenters. The first kappa shape index (κ1) is 16.2. The van der Waals surface area contributed by atoms with E-state index in [9.17, 15) is 9.59 Å². The lowest BCUT2D eigenvalue weighted by Crippen LogP contribution is -2.21. The number of anilines is 1. The number of benzene rings is 2. The molecule has 26 heavy (non-hydrogen) atoms. The third-order valence-electron chi connectivity index (χ3n) is 3.96. The number of carbonyl (C=O) groups is 1. The molecule has 0 saturated carbocycles. The van der Waals surface area contributed by atoms with Crippen LogP contribution in [-0.2, 0) is 0 Å². The molecule has 0 aliphatic heterocycles. The summed E-state index contributed by atoms with van der Waals surface area (Å²) in [7, 11) is 0. The summed E-state index contributed by atoms with van der Waals surface area (Å²) in [5.74, 6) is -0.510. The minimum atomic E-state index is -0.664. The van der Waals surface area contributed by atoms with Crippen molar-refractivity contribution in [3.8, 4) is 11.3 Å². The van der Waals surface area contributed by atoms with E-state index >= 15 is 0 Å². The second-order valence-corrected chi connectivity index (χ2v) is 6.80. The number of para-hydroxylation sites is 2. The van der Waals surface area contributed by atoms with Crippen molar-refractivity contribution in [2.75, 3.05) is 5.32 Å². The minimum absolute atomic E-state index is 0.0343. The van der Waals surface area contributed by atoms with E-state index in [2.05, 4.69) is 10.3 Å². The number of fused-ring (bicyclic) bond motifs is 1. The largest absolute Gasteiger partial charge is 0.422 e. The maximum Gasteiger partial charge on any atom is 0.349 e. The Morgan fingerprint density at radius 1 is 1.12 bits per heavy atom. The molecule has 5 nitrogen and oxygen atoms in total. The van der Waals surface area contributed by atoms with Crippen molar-refractivity contribution in [2.45, 2.75) is 6.92 Å². The Kier molecular flexibility index (Phi) is 4.10. The van der Waals surface area contributed by atoms with Crippen molar-refractivity contribution in [2.24, 2.45) is 0 Å². The van der Waals surface area contributed by atoms with Gasteiger partial charge in [-0.25, -0.2) is 9.78 Å². The number of hydrogen-bond donors (Lipinski definition) is 1. The van der Waals surface area contributed by atoms with Gasteiger partial charge in [-0.05, 0) is 25.1 Å². The van der Waals surface area contributed by atoms with Crippen LogP contribution in [0.2, 0.25) is 0 Å². The summed E-state index contributed by atoms with van der Waals surface area (Å²) in [6, 6.07) is 16.0. The molecule has 2 aromatic heterocycles. The normalized spacial score (nSPS) is 10.8. The smallest absolute Gasteiger partial charge is 0.349 e. The summed E-state index contributed by atoms with van der Waals surface area (Å²) < 4.78 is 5.24. The van der Waals surface area contributed by atoms with Gasteiger partial charge in [0.25, 0.3) is 5.91 Å². The summed E-state index contributed by atoms with van der Waals surface area (Å²) in [6.07, 6.45) is 0. The molecule has 0 saturated heterocycles. The standard InChI is InChI=1S/C20H14N2O3S/c1-12-21-17(11-26-12)14-7-3-4-8-16(14)22-19(23)15-10-13-6-2-5-9-18(13)25-20(15)24/h2-11H,1H3,(H,22,23). The van der Waals surface area contributed by atoms with Crippen LogP contribution >= 0.6 is 11.3 Å². The zero-order valence-electron chi connectivity index (χ0n) is 13.9. The number of aryl methyl sites for hydroxylation is 1. The average molecular weight is 362 g/mol. The molecule has 1 amide bonds. The fourth-order valence-corrected chi connectivity index (χ4v) is 3.33. The highest BCUT2D eigenvalue weighted by atomic mass is 32.1. The molecule has 6 heteroatoms. The van der Waals surface area contributed by atoms with E-state index in [1.54, 1.807) is 30.3 Å². The Bertz CT molecular complexity index is 1180. The fourth-order valence-electron chi connectivity index (χ4n) is 2.71. The maximum atomic E-state index is 12.7. The highest BCUT2D eigenvalue weighted by Crippen LogP contribution is 2.29. The minimum Gasteiger partial charge on any atom is -0.422 e. The summed E-state index contributed by atoms with van der Waals surface area (Å²) >= 11 is 1.54. The zero-order valence-corrected chi connectivity index (χ0v) is 14.7. The quantitative estimate of drug-likeness (QED) is 0.546. The monoisotopic (exact) mass is 362 g/mol. The third-order valence-corrected chi connectivity index (χ3v) is 4.73. The van der Waals surface area contributed by atoms with Crippen LogP contribution in [0, 0.1) is 6.92 Å². The van der Waals surface area contributed by atoms with Gasteiger partial charge < -0.3 is 9.73 Å². The number of thiazole rings is 1. The van der Waals surface area contributed by atoms with Gasteiger partial charge in [-0.3, -0.25) is 4.79 Å². The Hall–Kier alpha value is -3.25. The van der Waals surface area contributed by atoms with Crippen LogP contribution in [0.25, 0.3) is 22.2 Å². The lowest BCUT2D eigenvalue weighted by Gasteiger charge is -2.09.